The molecule has 0 saturated carbocycles. The third-order valence-electron chi connectivity index (χ3n) is 3.50. The van der Waals surface area contributed by atoms with Crippen LogP contribution < -0.4 is 5.32 Å². The quantitative estimate of drug-likeness (QED) is 0.783. The van der Waals surface area contributed by atoms with Gasteiger partial charge in [0.15, 0.2) is 0 Å². The largest absolute Gasteiger partial charge is 0.340 e. The molecule has 4 heteroatoms. The Balaban J connectivity index is 1.93. The highest BCUT2D eigenvalue weighted by molar-refractivity contribution is 5.89. The van der Waals surface area contributed by atoms with E-state index in [1.165, 1.54) is 5.56 Å². The maximum absolute atomic E-state index is 4.34. The van der Waals surface area contributed by atoms with Gasteiger partial charge in [0, 0.05) is 18.9 Å². The van der Waals surface area contributed by atoms with Crippen LogP contribution in [-0.2, 0) is 7.05 Å². The summed E-state index contributed by atoms with van der Waals surface area (Å²) in [6, 6.07) is 10.5. The lowest BCUT2D eigenvalue weighted by atomic mass is 10.0. The molecule has 1 aromatic carbocycles. The average molecular weight is 266 g/mol. The molecule has 0 spiro atoms. The van der Waals surface area contributed by atoms with Crippen LogP contribution in [0, 0.1) is 0 Å². The molecule has 1 N–H and O–H groups in total. The third kappa shape index (κ3) is 2.25. The minimum Gasteiger partial charge on any atom is -0.340 e. The number of rotatable bonds is 3. The zero-order chi connectivity index (χ0) is 14.1. The van der Waals surface area contributed by atoms with Crippen LogP contribution in [0.25, 0.3) is 11.0 Å². The molecule has 0 aliphatic rings. The normalized spacial score (nSPS) is 11.2. The Hall–Kier alpha value is -2.36. The molecule has 0 saturated heterocycles. The van der Waals surface area contributed by atoms with E-state index < -0.39 is 0 Å². The van der Waals surface area contributed by atoms with Gasteiger partial charge in [0.2, 0.25) is 0 Å². The second-order valence-electron chi connectivity index (χ2n) is 5.29. The number of aromatic nitrogens is 3. The fourth-order valence-corrected chi connectivity index (χ4v) is 2.27. The van der Waals surface area contributed by atoms with Gasteiger partial charge in [-0.25, -0.2) is 9.97 Å². The standard InChI is InChI=1S/C16H18N4/c1-11(2)12-4-6-13(7-5-12)19-15-14-8-9-20(3)16(14)18-10-17-15/h4-11H,1-3H3,(H,17,18,19). The minimum atomic E-state index is 0.545. The van der Waals surface area contributed by atoms with Crippen LogP contribution in [0.5, 0.6) is 0 Å². The summed E-state index contributed by atoms with van der Waals surface area (Å²) in [6.07, 6.45) is 3.58. The fourth-order valence-electron chi connectivity index (χ4n) is 2.27. The van der Waals surface area contributed by atoms with Gasteiger partial charge in [-0.15, -0.1) is 0 Å². The van der Waals surface area contributed by atoms with E-state index in [0.29, 0.717) is 5.92 Å². The molecule has 3 rings (SSSR count). The Bertz CT molecular complexity index is 726. The summed E-state index contributed by atoms with van der Waals surface area (Å²) >= 11 is 0. The number of hydrogen-bond donors (Lipinski definition) is 1. The smallest absolute Gasteiger partial charge is 0.145 e. The van der Waals surface area contributed by atoms with Gasteiger partial charge >= 0.3 is 0 Å². The molecular weight excluding hydrogens is 248 g/mol. The number of nitrogens with one attached hydrogen (secondary N) is 1. The number of aryl methyl sites for hydroxylation is 1. The van der Waals surface area contributed by atoms with Crippen LogP contribution in [0.4, 0.5) is 11.5 Å². The van der Waals surface area contributed by atoms with Gasteiger partial charge in [-0.1, -0.05) is 26.0 Å². The molecule has 0 radical (unpaired) electrons. The first-order valence-electron chi connectivity index (χ1n) is 6.78. The Morgan fingerprint density at radius 3 is 2.50 bits per heavy atom. The predicted molar refractivity (Wildman–Crippen MR) is 82.3 cm³/mol. The van der Waals surface area contributed by atoms with Crippen LogP contribution in [0.3, 0.4) is 0 Å². The van der Waals surface area contributed by atoms with Crippen LogP contribution in [-0.4, -0.2) is 14.5 Å². The number of fused-ring (bicyclic) bond motifs is 1. The van der Waals surface area contributed by atoms with Crippen LogP contribution in [0.15, 0.2) is 42.9 Å². The number of anilines is 2. The van der Waals surface area contributed by atoms with E-state index in [4.69, 9.17) is 0 Å². The highest BCUT2D eigenvalue weighted by Gasteiger charge is 2.07. The van der Waals surface area contributed by atoms with Crippen molar-refractivity contribution >= 4 is 22.5 Å². The first kappa shape index (κ1) is 12.7. The lowest BCUT2D eigenvalue weighted by Crippen LogP contribution is -1.97. The van der Waals surface area contributed by atoms with Crippen LogP contribution in [0.1, 0.15) is 25.3 Å². The molecule has 0 aliphatic carbocycles. The van der Waals surface area contributed by atoms with Crippen molar-refractivity contribution in [3.63, 3.8) is 0 Å². The van der Waals surface area contributed by atoms with Crippen molar-refractivity contribution in [3.8, 4) is 0 Å². The highest BCUT2D eigenvalue weighted by Crippen LogP contribution is 2.24. The molecule has 0 atom stereocenters. The molecule has 102 valence electrons. The number of nitrogens with zero attached hydrogens (tertiary/aromatic N) is 3. The summed E-state index contributed by atoms with van der Waals surface area (Å²) < 4.78 is 1.99. The first-order valence-corrected chi connectivity index (χ1v) is 6.78. The van der Waals surface area contributed by atoms with E-state index >= 15 is 0 Å². The lowest BCUT2D eigenvalue weighted by molar-refractivity contribution is 0.867. The van der Waals surface area contributed by atoms with E-state index in [2.05, 4.69) is 53.4 Å². The van der Waals surface area contributed by atoms with Crippen molar-refractivity contribution in [2.24, 2.45) is 7.05 Å². The van der Waals surface area contributed by atoms with Gasteiger partial charge in [-0.3, -0.25) is 0 Å². The predicted octanol–water partition coefficient (Wildman–Crippen LogP) is 3.84. The zero-order valence-corrected chi connectivity index (χ0v) is 12.0. The average Bonchev–Trinajstić information content (AvgIpc) is 2.82. The molecule has 0 bridgehead atoms. The summed E-state index contributed by atoms with van der Waals surface area (Å²) in [5, 5.41) is 4.39. The van der Waals surface area contributed by atoms with E-state index in [1.807, 2.05) is 23.9 Å². The van der Waals surface area contributed by atoms with Crippen molar-refractivity contribution in [3.05, 3.63) is 48.4 Å². The fraction of sp³-hybridized carbons (Fsp3) is 0.250. The van der Waals surface area contributed by atoms with E-state index in [1.54, 1.807) is 6.33 Å². The maximum atomic E-state index is 4.34. The molecule has 2 heterocycles. The van der Waals surface area contributed by atoms with Gasteiger partial charge in [-0.05, 0) is 29.7 Å². The van der Waals surface area contributed by atoms with E-state index in [9.17, 15) is 0 Å². The molecule has 2 aromatic heterocycles. The SMILES string of the molecule is CC(C)c1ccc(Nc2ncnc3c2ccn3C)cc1. The molecule has 4 nitrogen and oxygen atoms in total. The Labute approximate surface area is 118 Å². The Kier molecular flexibility index (Phi) is 3.14. The van der Waals surface area contributed by atoms with E-state index in [-0.39, 0.29) is 0 Å². The van der Waals surface area contributed by atoms with Gasteiger partial charge in [0.05, 0.1) is 5.39 Å². The van der Waals surface area contributed by atoms with Crippen molar-refractivity contribution in [1.82, 2.24) is 14.5 Å². The van der Waals surface area contributed by atoms with Crippen LogP contribution >= 0.6 is 0 Å². The Morgan fingerprint density at radius 1 is 1.05 bits per heavy atom. The van der Waals surface area contributed by atoms with Gasteiger partial charge < -0.3 is 9.88 Å². The summed E-state index contributed by atoms with van der Waals surface area (Å²) in [4.78, 5) is 8.63. The molecule has 20 heavy (non-hydrogen) atoms. The second kappa shape index (κ2) is 4.96. The molecular formula is C16H18N4. The monoisotopic (exact) mass is 266 g/mol. The highest BCUT2D eigenvalue weighted by atomic mass is 15.1. The molecule has 3 aromatic rings. The molecule has 0 aliphatic heterocycles. The first-order chi connectivity index (χ1) is 9.65. The second-order valence-corrected chi connectivity index (χ2v) is 5.29. The van der Waals surface area contributed by atoms with E-state index in [0.717, 1.165) is 22.5 Å². The van der Waals surface area contributed by atoms with Crippen molar-refractivity contribution in [2.45, 2.75) is 19.8 Å². The van der Waals surface area contributed by atoms with Crippen molar-refractivity contribution < 1.29 is 0 Å². The molecule has 0 unspecified atom stereocenters. The summed E-state index contributed by atoms with van der Waals surface area (Å²) in [6.45, 7) is 4.39. The summed E-state index contributed by atoms with van der Waals surface area (Å²) in [5.41, 5.74) is 3.31. The Morgan fingerprint density at radius 2 is 1.80 bits per heavy atom. The number of hydrogen-bond acceptors (Lipinski definition) is 3. The van der Waals surface area contributed by atoms with Gasteiger partial charge in [-0.2, -0.15) is 0 Å². The van der Waals surface area contributed by atoms with Crippen LogP contribution in [0.2, 0.25) is 0 Å². The maximum Gasteiger partial charge on any atom is 0.145 e. The topological polar surface area (TPSA) is 42.7 Å². The minimum absolute atomic E-state index is 0.545. The lowest BCUT2D eigenvalue weighted by Gasteiger charge is -2.09. The zero-order valence-electron chi connectivity index (χ0n) is 12.0. The molecule has 0 amide bonds. The number of benzene rings is 1. The van der Waals surface area contributed by atoms with Gasteiger partial charge in [0.25, 0.3) is 0 Å². The third-order valence-corrected chi connectivity index (χ3v) is 3.50. The molecule has 0 fully saturated rings. The van der Waals surface area contributed by atoms with Crippen molar-refractivity contribution in [2.75, 3.05) is 5.32 Å². The van der Waals surface area contributed by atoms with Crippen molar-refractivity contribution in [1.29, 1.82) is 0 Å². The van der Waals surface area contributed by atoms with Gasteiger partial charge in [0.1, 0.15) is 17.8 Å². The summed E-state index contributed by atoms with van der Waals surface area (Å²) in [5.74, 6) is 1.39. The summed E-state index contributed by atoms with van der Waals surface area (Å²) in [7, 11) is 1.98.